The Morgan fingerprint density at radius 1 is 1.05 bits per heavy atom. The van der Waals surface area contributed by atoms with Crippen LogP contribution in [0.5, 0.6) is 5.88 Å². The number of aromatic nitrogens is 1. The van der Waals surface area contributed by atoms with E-state index in [1.54, 1.807) is 6.20 Å². The summed E-state index contributed by atoms with van der Waals surface area (Å²) in [5.74, 6) is 0.0724. The van der Waals surface area contributed by atoms with Crippen LogP contribution in [-0.4, -0.2) is 29.7 Å². The standard InChI is InChI=1S/C31H40N2O5/c1-29(2,3)20-30(4)21-31(30,32)28(35)37-18-12-7-5-6-11-17-36-26-25-23(15-16-33-26)19-24(27(34)38-25)22-13-9-8-10-14-22/h8-10,13-16,19H,5-7,11-12,17-18,20-21,32H2,1-4H3. The number of rotatable bonds is 12. The first-order chi connectivity index (χ1) is 18.0. The van der Waals surface area contributed by atoms with Gasteiger partial charge >= 0.3 is 11.6 Å². The maximum absolute atomic E-state index is 12.6. The highest BCUT2D eigenvalue weighted by Gasteiger charge is 2.68. The van der Waals surface area contributed by atoms with Gasteiger partial charge in [-0.3, -0.25) is 4.79 Å². The number of nitrogens with two attached hydrogens (primary N) is 1. The number of esters is 1. The highest BCUT2D eigenvalue weighted by Crippen LogP contribution is 2.60. The second kappa shape index (κ2) is 11.3. The molecule has 0 bridgehead atoms. The van der Waals surface area contributed by atoms with Crippen LogP contribution in [0.25, 0.3) is 22.1 Å². The number of nitrogens with zero attached hydrogens (tertiary/aromatic N) is 1. The first-order valence-corrected chi connectivity index (χ1v) is 13.6. The molecule has 2 aromatic heterocycles. The minimum atomic E-state index is -0.838. The van der Waals surface area contributed by atoms with Crippen LogP contribution < -0.4 is 16.1 Å². The van der Waals surface area contributed by atoms with Crippen molar-refractivity contribution in [2.24, 2.45) is 16.6 Å². The summed E-state index contributed by atoms with van der Waals surface area (Å²) in [5.41, 5.74) is 6.77. The fourth-order valence-corrected chi connectivity index (χ4v) is 5.42. The predicted octanol–water partition coefficient (Wildman–Crippen LogP) is 6.27. The lowest BCUT2D eigenvalue weighted by Crippen LogP contribution is -2.41. The number of carbonyl (C=O) groups is 1. The summed E-state index contributed by atoms with van der Waals surface area (Å²) in [5, 5.41) is 0.771. The average molecular weight is 521 g/mol. The fourth-order valence-electron chi connectivity index (χ4n) is 5.42. The van der Waals surface area contributed by atoms with Crippen LogP contribution in [0.1, 0.15) is 72.6 Å². The molecule has 1 aliphatic carbocycles. The van der Waals surface area contributed by atoms with Crippen molar-refractivity contribution in [2.75, 3.05) is 13.2 Å². The predicted molar refractivity (Wildman–Crippen MR) is 149 cm³/mol. The third-order valence-electron chi connectivity index (χ3n) is 7.37. The molecule has 204 valence electrons. The van der Waals surface area contributed by atoms with Crippen LogP contribution in [0.4, 0.5) is 0 Å². The molecule has 38 heavy (non-hydrogen) atoms. The first-order valence-electron chi connectivity index (χ1n) is 13.6. The Balaban J connectivity index is 1.16. The van der Waals surface area contributed by atoms with E-state index in [4.69, 9.17) is 19.6 Å². The Morgan fingerprint density at radius 3 is 2.45 bits per heavy atom. The van der Waals surface area contributed by atoms with E-state index in [2.05, 4.69) is 32.7 Å². The summed E-state index contributed by atoms with van der Waals surface area (Å²) in [6.07, 6.45) is 7.88. The zero-order valence-corrected chi connectivity index (χ0v) is 23.0. The van der Waals surface area contributed by atoms with Crippen molar-refractivity contribution in [2.45, 2.75) is 78.2 Å². The number of benzene rings is 1. The number of ether oxygens (including phenoxy) is 2. The largest absolute Gasteiger partial charge is 0.475 e. The molecule has 0 radical (unpaired) electrons. The monoisotopic (exact) mass is 520 g/mol. The summed E-state index contributed by atoms with van der Waals surface area (Å²) < 4.78 is 17.0. The van der Waals surface area contributed by atoms with Gasteiger partial charge in [0.1, 0.15) is 5.54 Å². The third kappa shape index (κ3) is 6.44. The van der Waals surface area contributed by atoms with Crippen molar-refractivity contribution in [1.82, 2.24) is 4.98 Å². The van der Waals surface area contributed by atoms with Gasteiger partial charge in [0.05, 0.1) is 18.8 Å². The van der Waals surface area contributed by atoms with E-state index in [9.17, 15) is 9.59 Å². The van der Waals surface area contributed by atoms with Gasteiger partial charge in [-0.15, -0.1) is 0 Å². The van der Waals surface area contributed by atoms with Gasteiger partial charge in [-0.2, -0.15) is 0 Å². The molecule has 4 rings (SSSR count). The van der Waals surface area contributed by atoms with Gasteiger partial charge in [0.15, 0.2) is 5.58 Å². The molecule has 7 nitrogen and oxygen atoms in total. The van der Waals surface area contributed by atoms with E-state index < -0.39 is 11.2 Å². The Labute approximate surface area is 224 Å². The molecule has 1 aliphatic rings. The Hall–Kier alpha value is -3.19. The molecule has 1 aromatic carbocycles. The van der Waals surface area contributed by atoms with E-state index in [1.165, 1.54) is 0 Å². The van der Waals surface area contributed by atoms with Gasteiger partial charge in [0, 0.05) is 11.6 Å². The Bertz CT molecular complexity index is 1310. The highest BCUT2D eigenvalue weighted by atomic mass is 16.5. The Kier molecular flexibility index (Phi) is 8.26. The topological polar surface area (TPSA) is 105 Å². The highest BCUT2D eigenvalue weighted by molar-refractivity contribution is 5.86. The van der Waals surface area contributed by atoms with Crippen LogP contribution in [0, 0.1) is 10.8 Å². The zero-order chi connectivity index (χ0) is 27.4. The second-order valence-electron chi connectivity index (χ2n) is 12.0. The number of hydrogen-bond donors (Lipinski definition) is 1. The molecule has 0 saturated heterocycles. The van der Waals surface area contributed by atoms with E-state index in [0.29, 0.717) is 36.7 Å². The van der Waals surface area contributed by atoms with E-state index in [-0.39, 0.29) is 16.8 Å². The van der Waals surface area contributed by atoms with Crippen LogP contribution in [-0.2, 0) is 9.53 Å². The molecule has 0 aliphatic heterocycles. The summed E-state index contributed by atoms with van der Waals surface area (Å²) in [6.45, 7) is 9.49. The number of unbranched alkanes of at least 4 members (excludes halogenated alkanes) is 4. The van der Waals surface area contributed by atoms with E-state index in [0.717, 1.165) is 49.5 Å². The molecular weight excluding hydrogens is 480 g/mol. The quantitative estimate of drug-likeness (QED) is 0.222. The lowest BCUT2D eigenvalue weighted by molar-refractivity contribution is -0.147. The van der Waals surface area contributed by atoms with Gasteiger partial charge in [0.25, 0.3) is 5.88 Å². The van der Waals surface area contributed by atoms with Crippen molar-refractivity contribution >= 4 is 16.9 Å². The maximum Gasteiger partial charge on any atom is 0.344 e. The normalized spacial score (nSPS) is 20.9. The summed E-state index contributed by atoms with van der Waals surface area (Å²) in [4.78, 5) is 29.4. The lowest BCUT2D eigenvalue weighted by atomic mass is 9.81. The van der Waals surface area contributed by atoms with Crippen LogP contribution >= 0.6 is 0 Å². The molecule has 2 N–H and O–H groups in total. The third-order valence-corrected chi connectivity index (χ3v) is 7.37. The average Bonchev–Trinajstić information content (AvgIpc) is 3.42. The van der Waals surface area contributed by atoms with E-state index >= 15 is 0 Å². The fraction of sp³-hybridized carbons (Fsp3) is 0.516. The molecule has 1 fully saturated rings. The molecule has 3 aromatic rings. The molecule has 2 heterocycles. The summed E-state index contributed by atoms with van der Waals surface area (Å²) in [7, 11) is 0. The summed E-state index contributed by atoms with van der Waals surface area (Å²) >= 11 is 0. The summed E-state index contributed by atoms with van der Waals surface area (Å²) in [6, 6.07) is 13.1. The van der Waals surface area contributed by atoms with Gasteiger partial charge in [-0.1, -0.05) is 77.3 Å². The van der Waals surface area contributed by atoms with Crippen molar-refractivity contribution in [1.29, 1.82) is 0 Å². The molecule has 2 atom stereocenters. The number of pyridine rings is 1. The zero-order valence-electron chi connectivity index (χ0n) is 23.0. The molecule has 0 spiro atoms. The van der Waals surface area contributed by atoms with Gasteiger partial charge in [0.2, 0.25) is 0 Å². The minimum absolute atomic E-state index is 0.128. The van der Waals surface area contributed by atoms with Gasteiger partial charge < -0.3 is 19.6 Å². The van der Waals surface area contributed by atoms with E-state index in [1.807, 2.05) is 42.5 Å². The molecule has 0 amide bonds. The minimum Gasteiger partial charge on any atom is -0.475 e. The van der Waals surface area contributed by atoms with Crippen molar-refractivity contribution in [3.63, 3.8) is 0 Å². The number of carbonyl (C=O) groups excluding carboxylic acids is 1. The first kappa shape index (κ1) is 27.8. The SMILES string of the molecule is CC(C)(C)CC1(C)CC1(N)C(=O)OCCCCCCCOc1nccc2cc(-c3ccccc3)c(=O)oc12. The molecular formula is C31H40N2O5. The van der Waals surface area contributed by atoms with Crippen LogP contribution in [0.15, 0.2) is 57.9 Å². The van der Waals surface area contributed by atoms with Crippen molar-refractivity contribution in [3.8, 4) is 17.0 Å². The van der Waals surface area contributed by atoms with Gasteiger partial charge in [-0.25, -0.2) is 9.78 Å². The van der Waals surface area contributed by atoms with Crippen LogP contribution in [0.3, 0.4) is 0 Å². The maximum atomic E-state index is 12.6. The van der Waals surface area contributed by atoms with Crippen molar-refractivity contribution < 1.29 is 18.7 Å². The van der Waals surface area contributed by atoms with Crippen molar-refractivity contribution in [3.05, 3.63) is 59.1 Å². The smallest absolute Gasteiger partial charge is 0.344 e. The van der Waals surface area contributed by atoms with Crippen LogP contribution in [0.2, 0.25) is 0 Å². The number of fused-ring (bicyclic) bond motifs is 1. The number of hydrogen-bond acceptors (Lipinski definition) is 7. The molecule has 1 saturated carbocycles. The molecule has 2 unspecified atom stereocenters. The molecule has 7 heteroatoms. The van der Waals surface area contributed by atoms with Gasteiger partial charge in [-0.05, 0) is 54.2 Å². The lowest BCUT2D eigenvalue weighted by Gasteiger charge is -2.26. The Morgan fingerprint density at radius 2 is 1.74 bits per heavy atom. The second-order valence-corrected chi connectivity index (χ2v) is 12.0.